The molecule has 0 unspecified atom stereocenters. The van der Waals surface area contributed by atoms with Gasteiger partial charge in [-0.2, -0.15) is 0 Å². The summed E-state index contributed by atoms with van der Waals surface area (Å²) >= 11 is 1.46. The van der Waals surface area contributed by atoms with Crippen molar-refractivity contribution < 1.29 is 4.79 Å². The fourth-order valence-corrected chi connectivity index (χ4v) is 3.91. The van der Waals surface area contributed by atoms with E-state index in [9.17, 15) is 4.79 Å². The number of hydrogen-bond donors (Lipinski definition) is 1. The van der Waals surface area contributed by atoms with Crippen molar-refractivity contribution in [3.8, 4) is 0 Å². The van der Waals surface area contributed by atoms with Gasteiger partial charge in [0.15, 0.2) is 5.13 Å². The third kappa shape index (κ3) is 3.35. The molecule has 0 aliphatic carbocycles. The molecule has 0 saturated heterocycles. The number of nitrogens with one attached hydrogen (secondary N) is 1. The highest BCUT2D eigenvalue weighted by Crippen LogP contribution is 2.25. The molecule has 0 radical (unpaired) electrons. The van der Waals surface area contributed by atoms with E-state index in [1.807, 2.05) is 22.4 Å². The van der Waals surface area contributed by atoms with Crippen LogP contribution in [-0.4, -0.2) is 22.3 Å². The quantitative estimate of drug-likeness (QED) is 0.733. The van der Waals surface area contributed by atoms with Crippen molar-refractivity contribution in [3.05, 3.63) is 75.8 Å². The van der Waals surface area contributed by atoms with Crippen LogP contribution in [0.15, 0.2) is 47.8 Å². The Kier molecular flexibility index (Phi) is 4.47. The Labute approximate surface area is 157 Å². The number of anilines is 2. The molecule has 1 aliphatic heterocycles. The lowest BCUT2D eigenvalue weighted by Crippen LogP contribution is -2.36. The summed E-state index contributed by atoms with van der Waals surface area (Å²) in [5.74, 6) is 0.00360. The predicted molar refractivity (Wildman–Crippen MR) is 106 cm³/mol. The van der Waals surface area contributed by atoms with Crippen LogP contribution in [0.5, 0.6) is 0 Å². The standard InChI is InChI=1S/C21H21N3OS/c1-14-7-8-18(11-15(14)2)22-21-23-19(13-26-21)20(25)24-10-9-16-5-3-4-6-17(16)12-24/h3-8,11,13H,9-10,12H2,1-2H3,(H,22,23). The van der Waals surface area contributed by atoms with Crippen LogP contribution in [0.4, 0.5) is 10.8 Å². The Morgan fingerprint density at radius 3 is 2.73 bits per heavy atom. The largest absolute Gasteiger partial charge is 0.333 e. The third-order valence-electron chi connectivity index (χ3n) is 4.90. The van der Waals surface area contributed by atoms with E-state index in [4.69, 9.17) is 0 Å². The highest BCUT2D eigenvalue weighted by molar-refractivity contribution is 7.14. The number of carbonyl (C=O) groups excluding carboxylic acids is 1. The number of amides is 1. The van der Waals surface area contributed by atoms with Gasteiger partial charge in [-0.1, -0.05) is 30.3 Å². The fraction of sp³-hybridized carbons (Fsp3) is 0.238. The summed E-state index contributed by atoms with van der Waals surface area (Å²) in [5, 5.41) is 5.89. The summed E-state index contributed by atoms with van der Waals surface area (Å²) in [5.41, 5.74) is 6.57. The van der Waals surface area contributed by atoms with Gasteiger partial charge in [-0.15, -0.1) is 11.3 Å². The highest BCUT2D eigenvalue weighted by Gasteiger charge is 2.23. The molecule has 2 aromatic carbocycles. The molecular formula is C21H21N3OS. The minimum Gasteiger partial charge on any atom is -0.333 e. The van der Waals surface area contributed by atoms with Crippen molar-refractivity contribution in [2.75, 3.05) is 11.9 Å². The van der Waals surface area contributed by atoms with Crippen molar-refractivity contribution in [2.45, 2.75) is 26.8 Å². The number of aryl methyl sites for hydroxylation is 2. The first-order chi connectivity index (χ1) is 12.6. The molecule has 1 amide bonds. The van der Waals surface area contributed by atoms with Crippen molar-refractivity contribution >= 4 is 28.1 Å². The Morgan fingerprint density at radius 1 is 1.12 bits per heavy atom. The molecule has 0 atom stereocenters. The summed E-state index contributed by atoms with van der Waals surface area (Å²) in [7, 11) is 0. The van der Waals surface area contributed by atoms with Gasteiger partial charge in [-0.05, 0) is 54.7 Å². The molecule has 5 heteroatoms. The Bertz CT molecular complexity index is 963. The first-order valence-corrected chi connectivity index (χ1v) is 9.64. The molecule has 0 bridgehead atoms. The molecule has 3 aromatic rings. The summed E-state index contributed by atoms with van der Waals surface area (Å²) in [4.78, 5) is 19.2. The number of thiazole rings is 1. The van der Waals surface area contributed by atoms with Gasteiger partial charge in [0.2, 0.25) is 0 Å². The monoisotopic (exact) mass is 363 g/mol. The third-order valence-corrected chi connectivity index (χ3v) is 5.66. The van der Waals surface area contributed by atoms with E-state index in [0.717, 1.165) is 23.8 Å². The van der Waals surface area contributed by atoms with E-state index in [1.54, 1.807) is 0 Å². The van der Waals surface area contributed by atoms with Gasteiger partial charge in [0.25, 0.3) is 5.91 Å². The number of rotatable bonds is 3. The van der Waals surface area contributed by atoms with Crippen molar-refractivity contribution in [2.24, 2.45) is 0 Å². The molecule has 0 spiro atoms. The smallest absolute Gasteiger partial charge is 0.273 e. The zero-order valence-electron chi connectivity index (χ0n) is 15.0. The van der Waals surface area contributed by atoms with Crippen LogP contribution in [0.2, 0.25) is 0 Å². The van der Waals surface area contributed by atoms with Crippen LogP contribution in [0.1, 0.15) is 32.7 Å². The second-order valence-electron chi connectivity index (χ2n) is 6.71. The Balaban J connectivity index is 1.47. The van der Waals surface area contributed by atoms with E-state index in [1.165, 1.54) is 33.6 Å². The molecule has 2 heterocycles. The first kappa shape index (κ1) is 16.8. The molecule has 0 saturated carbocycles. The van der Waals surface area contributed by atoms with Gasteiger partial charge in [0, 0.05) is 24.2 Å². The van der Waals surface area contributed by atoms with Crippen LogP contribution in [0.25, 0.3) is 0 Å². The summed E-state index contributed by atoms with van der Waals surface area (Å²) in [6.07, 6.45) is 0.903. The molecule has 1 aliphatic rings. The minimum absolute atomic E-state index is 0.00360. The Hall–Kier alpha value is -2.66. The van der Waals surface area contributed by atoms with Crippen LogP contribution >= 0.6 is 11.3 Å². The maximum absolute atomic E-state index is 12.8. The maximum Gasteiger partial charge on any atom is 0.273 e. The van der Waals surface area contributed by atoms with Crippen LogP contribution in [0.3, 0.4) is 0 Å². The van der Waals surface area contributed by atoms with Gasteiger partial charge < -0.3 is 10.2 Å². The van der Waals surface area contributed by atoms with E-state index in [2.05, 4.69) is 54.5 Å². The van der Waals surface area contributed by atoms with Crippen molar-refractivity contribution in [3.63, 3.8) is 0 Å². The van der Waals surface area contributed by atoms with Crippen molar-refractivity contribution in [1.82, 2.24) is 9.88 Å². The van der Waals surface area contributed by atoms with E-state index >= 15 is 0 Å². The second kappa shape index (κ2) is 6.92. The number of nitrogens with zero attached hydrogens (tertiary/aromatic N) is 2. The molecule has 0 fully saturated rings. The Morgan fingerprint density at radius 2 is 1.92 bits per heavy atom. The number of fused-ring (bicyclic) bond motifs is 1. The molecule has 1 N–H and O–H groups in total. The lowest BCUT2D eigenvalue weighted by Gasteiger charge is -2.28. The molecule has 4 rings (SSSR count). The van der Waals surface area contributed by atoms with E-state index in [-0.39, 0.29) is 5.91 Å². The van der Waals surface area contributed by atoms with Gasteiger partial charge >= 0.3 is 0 Å². The number of aromatic nitrogens is 1. The summed E-state index contributed by atoms with van der Waals surface area (Å²) < 4.78 is 0. The maximum atomic E-state index is 12.8. The normalized spacial score (nSPS) is 13.4. The van der Waals surface area contributed by atoms with Crippen LogP contribution in [-0.2, 0) is 13.0 Å². The molecular weight excluding hydrogens is 342 g/mol. The zero-order chi connectivity index (χ0) is 18.1. The average molecular weight is 363 g/mol. The van der Waals surface area contributed by atoms with E-state index < -0.39 is 0 Å². The van der Waals surface area contributed by atoms with Crippen LogP contribution in [0, 0.1) is 13.8 Å². The second-order valence-corrected chi connectivity index (χ2v) is 7.57. The topological polar surface area (TPSA) is 45.2 Å². The SMILES string of the molecule is Cc1ccc(Nc2nc(C(=O)N3CCc4ccccc4C3)cs2)cc1C. The van der Waals surface area contributed by atoms with Gasteiger partial charge in [-0.25, -0.2) is 4.98 Å². The predicted octanol–water partition coefficient (Wildman–Crippen LogP) is 4.70. The lowest BCUT2D eigenvalue weighted by molar-refractivity contribution is 0.0729. The van der Waals surface area contributed by atoms with Gasteiger partial charge in [0.1, 0.15) is 5.69 Å². The fourth-order valence-electron chi connectivity index (χ4n) is 3.20. The number of carbonyl (C=O) groups is 1. The first-order valence-electron chi connectivity index (χ1n) is 8.76. The van der Waals surface area contributed by atoms with Crippen LogP contribution < -0.4 is 5.32 Å². The zero-order valence-corrected chi connectivity index (χ0v) is 15.8. The number of benzene rings is 2. The van der Waals surface area contributed by atoms with Crippen molar-refractivity contribution in [1.29, 1.82) is 0 Å². The molecule has 132 valence electrons. The van der Waals surface area contributed by atoms with Gasteiger partial charge in [0.05, 0.1) is 0 Å². The lowest BCUT2D eigenvalue weighted by atomic mass is 10.00. The molecule has 26 heavy (non-hydrogen) atoms. The summed E-state index contributed by atoms with van der Waals surface area (Å²) in [6, 6.07) is 14.5. The highest BCUT2D eigenvalue weighted by atomic mass is 32.1. The average Bonchev–Trinajstić information content (AvgIpc) is 3.12. The van der Waals surface area contributed by atoms with E-state index in [0.29, 0.717) is 12.2 Å². The van der Waals surface area contributed by atoms with Gasteiger partial charge in [-0.3, -0.25) is 4.79 Å². The number of hydrogen-bond acceptors (Lipinski definition) is 4. The minimum atomic E-state index is 0.00360. The molecule has 4 nitrogen and oxygen atoms in total. The molecule has 1 aromatic heterocycles. The summed E-state index contributed by atoms with van der Waals surface area (Å²) in [6.45, 7) is 5.58.